The predicted molar refractivity (Wildman–Crippen MR) is 109 cm³/mol. The summed E-state index contributed by atoms with van der Waals surface area (Å²) in [7, 11) is 0. The Kier molecular flexibility index (Phi) is 5.21. The highest BCUT2D eigenvalue weighted by molar-refractivity contribution is 9.10. The van der Waals surface area contributed by atoms with Crippen molar-refractivity contribution in [2.24, 2.45) is 0 Å². The SMILES string of the molecule is O=C1C[C@@H]([NH+]2CCN(c3ccc(Cl)cc3)CC2)C(=O)N1c1ccc(Br)cc1. The van der Waals surface area contributed by atoms with Crippen LogP contribution < -0.4 is 14.7 Å². The fourth-order valence-corrected chi connectivity index (χ4v) is 4.26. The number of carbonyl (C=O) groups is 2. The fraction of sp³-hybridized carbons (Fsp3) is 0.300. The number of nitrogens with zero attached hydrogens (tertiary/aromatic N) is 2. The highest BCUT2D eigenvalue weighted by Gasteiger charge is 2.46. The molecule has 5 nitrogen and oxygen atoms in total. The van der Waals surface area contributed by atoms with Crippen molar-refractivity contribution < 1.29 is 14.5 Å². The molecule has 2 aromatic carbocycles. The topological polar surface area (TPSA) is 45.1 Å². The minimum Gasteiger partial charge on any atom is -0.360 e. The maximum atomic E-state index is 12.9. The number of anilines is 2. The lowest BCUT2D eigenvalue weighted by molar-refractivity contribution is -0.915. The fourth-order valence-electron chi connectivity index (χ4n) is 3.86. The van der Waals surface area contributed by atoms with Crippen molar-refractivity contribution in [1.82, 2.24) is 0 Å². The first-order valence-corrected chi connectivity index (χ1v) is 10.2. The van der Waals surface area contributed by atoms with E-state index in [9.17, 15) is 9.59 Å². The number of quaternary nitrogens is 1. The summed E-state index contributed by atoms with van der Waals surface area (Å²) >= 11 is 9.35. The van der Waals surface area contributed by atoms with Gasteiger partial charge in [0.25, 0.3) is 5.91 Å². The number of nitrogens with one attached hydrogen (secondary N) is 1. The van der Waals surface area contributed by atoms with Gasteiger partial charge < -0.3 is 9.80 Å². The molecule has 4 rings (SSSR count). The molecule has 2 heterocycles. The van der Waals surface area contributed by atoms with Crippen LogP contribution in [-0.2, 0) is 9.59 Å². The number of hydrogen-bond acceptors (Lipinski definition) is 3. The van der Waals surface area contributed by atoms with Gasteiger partial charge >= 0.3 is 0 Å². The molecule has 0 unspecified atom stereocenters. The number of imide groups is 1. The molecule has 1 atom stereocenters. The average molecular weight is 450 g/mol. The Balaban J connectivity index is 1.43. The Bertz CT molecular complexity index is 849. The molecule has 0 bridgehead atoms. The lowest BCUT2D eigenvalue weighted by Gasteiger charge is -2.35. The second kappa shape index (κ2) is 7.62. The standard InChI is InChI=1S/C20H19BrClN3O2/c21-14-1-5-17(6-2-14)25-19(26)13-18(20(25)27)24-11-9-23(10-12-24)16-7-3-15(22)4-8-16/h1-8,18H,9-13H2/p+1/t18-/m1/s1. The minimum atomic E-state index is -0.284. The van der Waals surface area contributed by atoms with Gasteiger partial charge in [0.2, 0.25) is 5.91 Å². The van der Waals surface area contributed by atoms with Gasteiger partial charge in [0.1, 0.15) is 0 Å². The summed E-state index contributed by atoms with van der Waals surface area (Å²) in [6, 6.07) is 14.8. The quantitative estimate of drug-likeness (QED) is 0.730. The zero-order chi connectivity index (χ0) is 19.0. The highest BCUT2D eigenvalue weighted by atomic mass is 79.9. The third kappa shape index (κ3) is 3.74. The summed E-state index contributed by atoms with van der Waals surface area (Å²) in [5, 5.41) is 0.728. The van der Waals surface area contributed by atoms with Crippen LogP contribution in [-0.4, -0.2) is 44.0 Å². The zero-order valence-corrected chi connectivity index (χ0v) is 17.0. The van der Waals surface area contributed by atoms with Crippen molar-refractivity contribution in [1.29, 1.82) is 0 Å². The minimum absolute atomic E-state index is 0.0859. The molecule has 2 fully saturated rings. The van der Waals surface area contributed by atoms with Crippen molar-refractivity contribution in [3.05, 3.63) is 58.0 Å². The van der Waals surface area contributed by atoms with Crippen molar-refractivity contribution in [2.45, 2.75) is 12.5 Å². The van der Waals surface area contributed by atoms with Crippen LogP contribution in [0.1, 0.15) is 6.42 Å². The molecule has 0 saturated carbocycles. The van der Waals surface area contributed by atoms with E-state index >= 15 is 0 Å². The molecule has 0 aliphatic carbocycles. The largest absolute Gasteiger partial charge is 0.360 e. The number of amides is 2. The van der Waals surface area contributed by atoms with E-state index in [1.807, 2.05) is 36.4 Å². The zero-order valence-electron chi connectivity index (χ0n) is 14.7. The van der Waals surface area contributed by atoms with Crippen LogP contribution in [0.5, 0.6) is 0 Å². The number of carbonyl (C=O) groups excluding carboxylic acids is 2. The van der Waals surface area contributed by atoms with Crippen LogP contribution >= 0.6 is 27.5 Å². The average Bonchev–Trinajstić information content (AvgIpc) is 2.98. The van der Waals surface area contributed by atoms with Gasteiger partial charge in [0, 0.05) is 15.2 Å². The van der Waals surface area contributed by atoms with Gasteiger partial charge in [-0.05, 0) is 48.5 Å². The molecule has 140 valence electrons. The summed E-state index contributed by atoms with van der Waals surface area (Å²) in [5.41, 5.74) is 1.79. The predicted octanol–water partition coefficient (Wildman–Crippen LogP) is 2.14. The van der Waals surface area contributed by atoms with Crippen LogP contribution in [0.3, 0.4) is 0 Å². The summed E-state index contributed by atoms with van der Waals surface area (Å²) in [6.45, 7) is 3.38. The monoisotopic (exact) mass is 448 g/mol. The molecular formula is C20H20BrClN3O2+. The highest BCUT2D eigenvalue weighted by Crippen LogP contribution is 2.24. The van der Waals surface area contributed by atoms with E-state index < -0.39 is 0 Å². The van der Waals surface area contributed by atoms with E-state index in [4.69, 9.17) is 11.6 Å². The molecule has 2 aliphatic rings. The van der Waals surface area contributed by atoms with Crippen LogP contribution in [0.15, 0.2) is 53.0 Å². The molecule has 7 heteroatoms. The lowest BCUT2D eigenvalue weighted by atomic mass is 10.1. The van der Waals surface area contributed by atoms with E-state index in [1.165, 1.54) is 9.80 Å². The molecule has 2 amide bonds. The van der Waals surface area contributed by atoms with Crippen molar-refractivity contribution in [3.8, 4) is 0 Å². The number of hydrogen-bond donors (Lipinski definition) is 1. The molecular weight excluding hydrogens is 430 g/mol. The summed E-state index contributed by atoms with van der Waals surface area (Å²) < 4.78 is 0.922. The molecule has 0 aromatic heterocycles. The molecule has 1 N–H and O–H groups in total. The maximum absolute atomic E-state index is 12.9. The molecule has 0 spiro atoms. The van der Waals surface area contributed by atoms with Gasteiger partial charge in [0.05, 0.1) is 38.3 Å². The van der Waals surface area contributed by atoms with Gasteiger partial charge in [-0.1, -0.05) is 27.5 Å². The van der Waals surface area contributed by atoms with E-state index in [0.29, 0.717) is 5.69 Å². The van der Waals surface area contributed by atoms with Crippen LogP contribution in [0.2, 0.25) is 5.02 Å². The second-order valence-corrected chi connectivity index (χ2v) is 8.27. The molecule has 2 saturated heterocycles. The molecule has 2 aliphatic heterocycles. The number of halogens is 2. The lowest BCUT2D eigenvalue weighted by Crippen LogP contribution is -3.19. The van der Waals surface area contributed by atoms with Crippen molar-refractivity contribution >= 4 is 50.7 Å². The number of benzene rings is 2. The van der Waals surface area contributed by atoms with Crippen LogP contribution in [0, 0.1) is 0 Å². The summed E-state index contributed by atoms with van der Waals surface area (Å²) in [4.78, 5) is 30.3. The smallest absolute Gasteiger partial charge is 0.292 e. The first-order valence-electron chi connectivity index (χ1n) is 9.00. The normalized spacial score (nSPS) is 21.2. The van der Waals surface area contributed by atoms with Gasteiger partial charge in [0.15, 0.2) is 6.04 Å². The third-order valence-electron chi connectivity index (χ3n) is 5.32. The Morgan fingerprint density at radius 2 is 1.52 bits per heavy atom. The van der Waals surface area contributed by atoms with Gasteiger partial charge in [-0.25, -0.2) is 4.90 Å². The molecule has 27 heavy (non-hydrogen) atoms. The Morgan fingerprint density at radius 1 is 0.926 bits per heavy atom. The van der Waals surface area contributed by atoms with Crippen molar-refractivity contribution in [3.63, 3.8) is 0 Å². The van der Waals surface area contributed by atoms with Crippen LogP contribution in [0.25, 0.3) is 0 Å². The van der Waals surface area contributed by atoms with Gasteiger partial charge in [-0.3, -0.25) is 9.59 Å². The maximum Gasteiger partial charge on any atom is 0.292 e. The molecule has 2 aromatic rings. The Labute approximate surface area is 171 Å². The second-order valence-electron chi connectivity index (χ2n) is 6.92. The van der Waals surface area contributed by atoms with E-state index in [-0.39, 0.29) is 24.3 Å². The van der Waals surface area contributed by atoms with E-state index in [2.05, 4.69) is 20.8 Å². The van der Waals surface area contributed by atoms with E-state index in [1.54, 1.807) is 12.1 Å². The Morgan fingerprint density at radius 3 is 2.15 bits per heavy atom. The first-order chi connectivity index (χ1) is 13.0. The first kappa shape index (κ1) is 18.5. The molecule has 0 radical (unpaired) electrons. The Hall–Kier alpha value is -1.89. The van der Waals surface area contributed by atoms with E-state index in [0.717, 1.165) is 41.4 Å². The summed E-state index contributed by atoms with van der Waals surface area (Å²) in [5.74, 6) is -0.197. The van der Waals surface area contributed by atoms with Crippen LogP contribution in [0.4, 0.5) is 11.4 Å². The van der Waals surface area contributed by atoms with Gasteiger partial charge in [-0.2, -0.15) is 0 Å². The third-order valence-corrected chi connectivity index (χ3v) is 6.10. The number of rotatable bonds is 3. The van der Waals surface area contributed by atoms with Crippen molar-refractivity contribution in [2.75, 3.05) is 36.0 Å². The summed E-state index contributed by atoms with van der Waals surface area (Å²) in [6.07, 6.45) is 0.283. The number of piperazine rings is 1. The van der Waals surface area contributed by atoms with Gasteiger partial charge in [-0.15, -0.1) is 0 Å².